The van der Waals surface area contributed by atoms with Crippen LogP contribution in [0.25, 0.3) is 0 Å². The fourth-order valence-corrected chi connectivity index (χ4v) is 6.75. The number of hydrogen-bond donors (Lipinski definition) is 0. The molecule has 0 bridgehead atoms. The first-order valence-electron chi connectivity index (χ1n) is 9.47. The largest absolute Gasteiger partial charge is 0.493 e. The highest BCUT2D eigenvalue weighted by Gasteiger charge is 2.35. The summed E-state index contributed by atoms with van der Waals surface area (Å²) in [5.74, 6) is 1.26. The molecule has 1 heterocycles. The summed E-state index contributed by atoms with van der Waals surface area (Å²) in [4.78, 5) is 0.211. The molecule has 2 rings (SSSR count). The predicted octanol–water partition coefficient (Wildman–Crippen LogP) is 2.95. The van der Waals surface area contributed by atoms with Crippen molar-refractivity contribution in [3.63, 3.8) is 0 Å². The van der Waals surface area contributed by atoms with Crippen LogP contribution < -0.4 is 4.74 Å². The van der Waals surface area contributed by atoms with Crippen LogP contribution in [-0.2, 0) is 19.9 Å². The summed E-state index contributed by atoms with van der Waals surface area (Å²) in [6.07, 6.45) is 0.702. The minimum Gasteiger partial charge on any atom is -0.493 e. The lowest BCUT2D eigenvalue weighted by Crippen LogP contribution is -2.43. The fourth-order valence-electron chi connectivity index (χ4n) is 3.15. The van der Waals surface area contributed by atoms with Crippen LogP contribution in [0.2, 0.25) is 0 Å². The van der Waals surface area contributed by atoms with E-state index in [1.54, 1.807) is 24.3 Å². The van der Waals surface area contributed by atoms with E-state index in [9.17, 15) is 16.8 Å². The molecule has 0 N–H and O–H groups in total. The minimum atomic E-state index is -3.62. The van der Waals surface area contributed by atoms with Gasteiger partial charge in [-0.2, -0.15) is 4.31 Å². The van der Waals surface area contributed by atoms with Gasteiger partial charge in [0.05, 0.1) is 22.5 Å². The molecular formula is C19H31NO5S2. The fraction of sp³-hybridized carbons (Fsp3) is 0.684. The average molecular weight is 418 g/mol. The number of rotatable bonds is 8. The zero-order valence-corrected chi connectivity index (χ0v) is 18.2. The molecule has 6 nitrogen and oxygen atoms in total. The topological polar surface area (TPSA) is 80.8 Å². The van der Waals surface area contributed by atoms with E-state index < -0.39 is 25.1 Å². The quantitative estimate of drug-likeness (QED) is 0.650. The van der Waals surface area contributed by atoms with E-state index in [-0.39, 0.29) is 29.7 Å². The first-order chi connectivity index (χ1) is 12.5. The molecule has 0 spiro atoms. The average Bonchev–Trinajstić information content (AvgIpc) is 2.59. The highest BCUT2D eigenvalue weighted by atomic mass is 32.2. The Bertz CT molecular complexity index is 806. The van der Waals surface area contributed by atoms with E-state index in [1.807, 2.05) is 27.7 Å². The zero-order valence-electron chi connectivity index (χ0n) is 16.6. The number of ether oxygens (including phenoxy) is 1. The molecule has 0 radical (unpaired) electrons. The molecule has 0 aliphatic carbocycles. The van der Waals surface area contributed by atoms with Gasteiger partial charge < -0.3 is 4.74 Å². The van der Waals surface area contributed by atoms with Gasteiger partial charge in [0.2, 0.25) is 10.0 Å². The van der Waals surface area contributed by atoms with Crippen LogP contribution in [0.3, 0.4) is 0 Å². The van der Waals surface area contributed by atoms with E-state index >= 15 is 0 Å². The molecule has 1 saturated heterocycles. The van der Waals surface area contributed by atoms with Gasteiger partial charge in [0, 0.05) is 13.1 Å². The lowest BCUT2D eigenvalue weighted by atomic mass is 10.2. The van der Waals surface area contributed by atoms with Gasteiger partial charge in [-0.05, 0) is 48.9 Å². The predicted molar refractivity (Wildman–Crippen MR) is 107 cm³/mol. The van der Waals surface area contributed by atoms with E-state index in [1.165, 1.54) is 4.31 Å². The maximum Gasteiger partial charge on any atom is 0.243 e. The van der Waals surface area contributed by atoms with Gasteiger partial charge in [-0.3, -0.25) is 0 Å². The summed E-state index contributed by atoms with van der Waals surface area (Å²) in [5.41, 5.74) is 0. The molecule has 1 fully saturated rings. The summed E-state index contributed by atoms with van der Waals surface area (Å²) in [6, 6.07) is 6.42. The first kappa shape index (κ1) is 22.2. The molecule has 0 amide bonds. The second-order valence-electron chi connectivity index (χ2n) is 8.00. The summed E-state index contributed by atoms with van der Waals surface area (Å²) >= 11 is 0. The Morgan fingerprint density at radius 2 is 1.52 bits per heavy atom. The van der Waals surface area contributed by atoms with Gasteiger partial charge in [0.15, 0.2) is 9.84 Å². The Labute approximate surface area is 163 Å². The molecule has 1 aliphatic heterocycles. The molecule has 8 heteroatoms. The molecule has 0 atom stereocenters. The summed E-state index contributed by atoms with van der Waals surface area (Å²) in [5, 5.41) is -0.446. The van der Waals surface area contributed by atoms with Crippen molar-refractivity contribution in [3.05, 3.63) is 24.3 Å². The highest BCUT2D eigenvalue weighted by molar-refractivity contribution is 7.92. The number of piperidine rings is 1. The number of hydrogen-bond acceptors (Lipinski definition) is 5. The smallest absolute Gasteiger partial charge is 0.243 e. The van der Waals surface area contributed by atoms with Crippen molar-refractivity contribution in [1.29, 1.82) is 0 Å². The van der Waals surface area contributed by atoms with Crippen molar-refractivity contribution in [2.24, 2.45) is 11.8 Å². The number of sulfonamides is 1. The summed E-state index contributed by atoms with van der Waals surface area (Å²) in [7, 11) is -6.79. The van der Waals surface area contributed by atoms with Gasteiger partial charge in [-0.25, -0.2) is 16.8 Å². The first-order valence-corrected chi connectivity index (χ1v) is 12.6. The maximum atomic E-state index is 12.8. The third-order valence-electron chi connectivity index (χ3n) is 4.52. The summed E-state index contributed by atoms with van der Waals surface area (Å²) in [6.45, 7) is 8.89. The normalized spacial score (nSPS) is 17.6. The molecule has 0 unspecified atom stereocenters. The molecule has 1 aromatic carbocycles. The van der Waals surface area contributed by atoms with Crippen LogP contribution in [0.1, 0.15) is 40.5 Å². The molecule has 154 valence electrons. The lowest BCUT2D eigenvalue weighted by molar-refractivity contribution is 0.271. The maximum absolute atomic E-state index is 12.8. The molecule has 1 aliphatic rings. The van der Waals surface area contributed by atoms with Crippen molar-refractivity contribution in [2.45, 2.75) is 50.7 Å². The zero-order chi connectivity index (χ0) is 20.2. The standard InChI is InChI=1S/C19H31NO5S2/c1-15(2)13-25-17-5-7-19(8-6-17)27(23,24)20-11-9-18(10-12-20)26(21,22)14-16(3)4/h5-8,15-16,18H,9-14H2,1-4H3. The van der Waals surface area contributed by atoms with Crippen molar-refractivity contribution in [1.82, 2.24) is 4.31 Å². The molecule has 27 heavy (non-hydrogen) atoms. The van der Waals surface area contributed by atoms with Gasteiger partial charge in [0.1, 0.15) is 5.75 Å². The van der Waals surface area contributed by atoms with Crippen LogP contribution in [0.4, 0.5) is 0 Å². The van der Waals surface area contributed by atoms with E-state index in [0.717, 1.165) is 0 Å². The SMILES string of the molecule is CC(C)COc1ccc(S(=O)(=O)N2CCC(S(=O)(=O)CC(C)C)CC2)cc1. The van der Waals surface area contributed by atoms with Gasteiger partial charge in [-0.1, -0.05) is 27.7 Å². The second-order valence-corrected chi connectivity index (χ2v) is 12.3. The van der Waals surface area contributed by atoms with Crippen LogP contribution in [0.5, 0.6) is 5.75 Å². The van der Waals surface area contributed by atoms with Crippen LogP contribution in [0, 0.1) is 11.8 Å². The molecule has 1 aromatic rings. The molecule has 0 saturated carbocycles. The Hall–Kier alpha value is -1.12. The monoisotopic (exact) mass is 417 g/mol. The number of nitrogens with zero attached hydrogens (tertiary/aromatic N) is 1. The van der Waals surface area contributed by atoms with Crippen molar-refractivity contribution >= 4 is 19.9 Å². The van der Waals surface area contributed by atoms with Gasteiger partial charge in [-0.15, -0.1) is 0 Å². The number of benzene rings is 1. The van der Waals surface area contributed by atoms with Crippen LogP contribution >= 0.6 is 0 Å². The van der Waals surface area contributed by atoms with Crippen LogP contribution in [-0.4, -0.2) is 51.8 Å². The second kappa shape index (κ2) is 8.92. The molecular weight excluding hydrogens is 386 g/mol. The Morgan fingerprint density at radius 3 is 2.00 bits per heavy atom. The Balaban J connectivity index is 2.02. The Morgan fingerprint density at radius 1 is 0.963 bits per heavy atom. The van der Waals surface area contributed by atoms with E-state index in [2.05, 4.69) is 0 Å². The van der Waals surface area contributed by atoms with E-state index in [4.69, 9.17) is 4.74 Å². The van der Waals surface area contributed by atoms with Crippen molar-refractivity contribution in [2.75, 3.05) is 25.4 Å². The summed E-state index contributed by atoms with van der Waals surface area (Å²) < 4.78 is 57.4. The highest BCUT2D eigenvalue weighted by Crippen LogP contribution is 2.26. The number of sulfone groups is 1. The lowest BCUT2D eigenvalue weighted by Gasteiger charge is -2.31. The van der Waals surface area contributed by atoms with Crippen molar-refractivity contribution < 1.29 is 21.6 Å². The Kier molecular flexibility index (Phi) is 7.33. The van der Waals surface area contributed by atoms with Crippen molar-refractivity contribution in [3.8, 4) is 5.75 Å². The van der Waals surface area contributed by atoms with E-state index in [0.29, 0.717) is 31.1 Å². The van der Waals surface area contributed by atoms with Gasteiger partial charge in [0.25, 0.3) is 0 Å². The third kappa shape index (κ3) is 5.93. The van der Waals surface area contributed by atoms with Crippen LogP contribution in [0.15, 0.2) is 29.2 Å². The minimum absolute atomic E-state index is 0.0770. The third-order valence-corrected chi connectivity index (χ3v) is 9.05. The van der Waals surface area contributed by atoms with Gasteiger partial charge >= 0.3 is 0 Å². The molecule has 0 aromatic heterocycles.